The first-order valence-electron chi connectivity index (χ1n) is 9.77. The van der Waals surface area contributed by atoms with Gasteiger partial charge in [0.25, 0.3) is 11.8 Å². The van der Waals surface area contributed by atoms with Gasteiger partial charge in [-0.3, -0.25) is 14.4 Å². The first-order chi connectivity index (χ1) is 13.9. The standard InChI is InChI=1S/C23H26N2O4/c1-5-16(3)24(22(27)17-8-6-15(2)7-9-17)20-14-21(26)25(23(20)28)18-10-12-19(29-4)13-11-18/h6-13,16,20H,5,14H2,1-4H3. The van der Waals surface area contributed by atoms with Crippen LogP contribution in [0.3, 0.4) is 0 Å². The lowest BCUT2D eigenvalue weighted by molar-refractivity contribution is -0.122. The smallest absolute Gasteiger partial charge is 0.257 e. The summed E-state index contributed by atoms with van der Waals surface area (Å²) in [5, 5.41) is 0. The zero-order chi connectivity index (χ0) is 21.1. The number of hydrogen-bond donors (Lipinski definition) is 0. The normalized spacial score (nSPS) is 17.4. The van der Waals surface area contributed by atoms with Gasteiger partial charge in [0.15, 0.2) is 0 Å². The molecule has 1 aliphatic heterocycles. The Labute approximate surface area is 171 Å². The Hall–Kier alpha value is -3.15. The van der Waals surface area contributed by atoms with Crippen LogP contribution in [0, 0.1) is 6.92 Å². The highest BCUT2D eigenvalue weighted by Gasteiger charge is 2.45. The highest BCUT2D eigenvalue weighted by Crippen LogP contribution is 2.29. The number of amides is 3. The number of benzene rings is 2. The molecule has 2 aromatic carbocycles. The molecule has 0 aliphatic carbocycles. The number of rotatable bonds is 6. The van der Waals surface area contributed by atoms with E-state index in [1.165, 1.54) is 4.90 Å². The Morgan fingerprint density at radius 3 is 2.31 bits per heavy atom. The van der Waals surface area contributed by atoms with Crippen LogP contribution in [0.4, 0.5) is 5.69 Å². The van der Waals surface area contributed by atoms with Crippen molar-refractivity contribution in [3.63, 3.8) is 0 Å². The van der Waals surface area contributed by atoms with Crippen LogP contribution in [-0.2, 0) is 9.59 Å². The first kappa shape index (κ1) is 20.6. The fraction of sp³-hybridized carbons (Fsp3) is 0.348. The Morgan fingerprint density at radius 2 is 1.76 bits per heavy atom. The van der Waals surface area contributed by atoms with E-state index >= 15 is 0 Å². The summed E-state index contributed by atoms with van der Waals surface area (Å²) in [5.41, 5.74) is 2.05. The minimum Gasteiger partial charge on any atom is -0.497 e. The average molecular weight is 394 g/mol. The lowest BCUT2D eigenvalue weighted by atomic mass is 10.1. The molecule has 6 heteroatoms. The number of nitrogens with zero attached hydrogens (tertiary/aromatic N) is 2. The third kappa shape index (κ3) is 4.01. The third-order valence-electron chi connectivity index (χ3n) is 5.39. The van der Waals surface area contributed by atoms with Crippen LogP contribution in [0.2, 0.25) is 0 Å². The molecule has 29 heavy (non-hydrogen) atoms. The third-order valence-corrected chi connectivity index (χ3v) is 5.39. The summed E-state index contributed by atoms with van der Waals surface area (Å²) in [7, 11) is 1.55. The van der Waals surface area contributed by atoms with Crippen molar-refractivity contribution in [1.29, 1.82) is 0 Å². The van der Waals surface area contributed by atoms with Crippen LogP contribution < -0.4 is 9.64 Å². The number of anilines is 1. The molecule has 2 aromatic rings. The number of ether oxygens (including phenoxy) is 1. The molecule has 0 aromatic heterocycles. The molecule has 1 saturated heterocycles. The summed E-state index contributed by atoms with van der Waals surface area (Å²) in [6, 6.07) is 13.0. The maximum Gasteiger partial charge on any atom is 0.257 e. The number of aryl methyl sites for hydroxylation is 1. The minimum absolute atomic E-state index is 0.0210. The summed E-state index contributed by atoms with van der Waals surface area (Å²) in [6.07, 6.45) is 0.658. The van der Waals surface area contributed by atoms with E-state index in [9.17, 15) is 14.4 Å². The van der Waals surface area contributed by atoms with E-state index in [4.69, 9.17) is 4.74 Å². The molecule has 0 bridgehead atoms. The van der Waals surface area contributed by atoms with Crippen molar-refractivity contribution < 1.29 is 19.1 Å². The van der Waals surface area contributed by atoms with E-state index < -0.39 is 6.04 Å². The van der Waals surface area contributed by atoms with E-state index in [0.29, 0.717) is 23.4 Å². The summed E-state index contributed by atoms with van der Waals surface area (Å²) >= 11 is 0. The van der Waals surface area contributed by atoms with Crippen LogP contribution in [0.5, 0.6) is 5.75 Å². The monoisotopic (exact) mass is 394 g/mol. The van der Waals surface area contributed by atoms with Gasteiger partial charge in [-0.2, -0.15) is 0 Å². The van der Waals surface area contributed by atoms with Gasteiger partial charge >= 0.3 is 0 Å². The van der Waals surface area contributed by atoms with Crippen molar-refractivity contribution in [1.82, 2.24) is 4.90 Å². The summed E-state index contributed by atoms with van der Waals surface area (Å²) < 4.78 is 5.14. The Bertz CT molecular complexity index is 905. The fourth-order valence-corrected chi connectivity index (χ4v) is 3.53. The Morgan fingerprint density at radius 1 is 1.14 bits per heavy atom. The molecule has 0 spiro atoms. The largest absolute Gasteiger partial charge is 0.497 e. The molecule has 3 amide bonds. The fourth-order valence-electron chi connectivity index (χ4n) is 3.53. The maximum absolute atomic E-state index is 13.2. The van der Waals surface area contributed by atoms with Crippen LogP contribution in [-0.4, -0.2) is 41.8 Å². The van der Waals surface area contributed by atoms with Crippen molar-refractivity contribution in [2.75, 3.05) is 12.0 Å². The van der Waals surface area contributed by atoms with Gasteiger partial charge in [0, 0.05) is 11.6 Å². The average Bonchev–Trinajstić information content (AvgIpc) is 3.02. The summed E-state index contributed by atoms with van der Waals surface area (Å²) in [5.74, 6) is -0.279. The van der Waals surface area contributed by atoms with E-state index in [2.05, 4.69) is 0 Å². The first-order valence-corrected chi connectivity index (χ1v) is 9.77. The number of imide groups is 1. The minimum atomic E-state index is -0.812. The maximum atomic E-state index is 13.2. The molecule has 2 unspecified atom stereocenters. The Balaban J connectivity index is 1.92. The topological polar surface area (TPSA) is 66.9 Å². The molecule has 1 fully saturated rings. The number of carbonyl (C=O) groups excluding carboxylic acids is 3. The highest BCUT2D eigenvalue weighted by molar-refractivity contribution is 6.23. The molecule has 0 N–H and O–H groups in total. The predicted molar refractivity (Wildman–Crippen MR) is 111 cm³/mol. The molecule has 152 valence electrons. The Kier molecular flexibility index (Phi) is 6.01. The van der Waals surface area contributed by atoms with Crippen molar-refractivity contribution >= 4 is 23.4 Å². The number of carbonyl (C=O) groups is 3. The van der Waals surface area contributed by atoms with Gasteiger partial charge in [-0.05, 0) is 56.7 Å². The van der Waals surface area contributed by atoms with E-state index in [1.54, 1.807) is 48.4 Å². The lowest BCUT2D eigenvalue weighted by Crippen LogP contribution is -2.49. The van der Waals surface area contributed by atoms with E-state index in [0.717, 1.165) is 5.56 Å². The second kappa shape index (κ2) is 8.47. The van der Waals surface area contributed by atoms with Crippen LogP contribution in [0.25, 0.3) is 0 Å². The molecule has 6 nitrogen and oxygen atoms in total. The molecule has 1 heterocycles. The van der Waals surface area contributed by atoms with Crippen molar-refractivity contribution in [3.8, 4) is 5.75 Å². The van der Waals surface area contributed by atoms with Crippen LogP contribution in [0.15, 0.2) is 48.5 Å². The quantitative estimate of drug-likeness (QED) is 0.703. The molecule has 1 aliphatic rings. The molecular formula is C23H26N2O4. The van der Waals surface area contributed by atoms with Crippen molar-refractivity contribution in [2.45, 2.75) is 45.7 Å². The van der Waals surface area contributed by atoms with E-state index in [1.807, 2.05) is 32.9 Å². The summed E-state index contributed by atoms with van der Waals surface area (Å²) in [4.78, 5) is 41.9. The van der Waals surface area contributed by atoms with E-state index in [-0.39, 0.29) is 30.2 Å². The second-order valence-corrected chi connectivity index (χ2v) is 7.32. The van der Waals surface area contributed by atoms with Gasteiger partial charge in [-0.1, -0.05) is 24.6 Å². The van der Waals surface area contributed by atoms with Crippen LogP contribution in [0.1, 0.15) is 42.6 Å². The molecule has 0 radical (unpaired) electrons. The van der Waals surface area contributed by atoms with Gasteiger partial charge in [0.1, 0.15) is 11.8 Å². The van der Waals surface area contributed by atoms with Gasteiger partial charge in [0.2, 0.25) is 5.91 Å². The molecular weight excluding hydrogens is 368 g/mol. The molecule has 0 saturated carbocycles. The number of methoxy groups -OCH3 is 1. The predicted octanol–water partition coefficient (Wildman–Crippen LogP) is 3.58. The lowest BCUT2D eigenvalue weighted by Gasteiger charge is -2.33. The molecule has 2 atom stereocenters. The number of hydrogen-bond acceptors (Lipinski definition) is 4. The van der Waals surface area contributed by atoms with Gasteiger partial charge in [0.05, 0.1) is 19.2 Å². The van der Waals surface area contributed by atoms with Gasteiger partial charge in [-0.25, -0.2) is 4.90 Å². The van der Waals surface area contributed by atoms with Crippen LogP contribution >= 0.6 is 0 Å². The second-order valence-electron chi connectivity index (χ2n) is 7.32. The highest BCUT2D eigenvalue weighted by atomic mass is 16.5. The van der Waals surface area contributed by atoms with Crippen molar-refractivity contribution in [2.24, 2.45) is 0 Å². The zero-order valence-electron chi connectivity index (χ0n) is 17.2. The molecule has 3 rings (SSSR count). The van der Waals surface area contributed by atoms with Crippen molar-refractivity contribution in [3.05, 3.63) is 59.7 Å². The SMILES string of the molecule is CCC(C)N(C(=O)c1ccc(C)cc1)C1CC(=O)N(c2ccc(OC)cc2)C1=O. The summed E-state index contributed by atoms with van der Waals surface area (Å²) in [6.45, 7) is 5.81. The zero-order valence-corrected chi connectivity index (χ0v) is 17.2. The van der Waals surface area contributed by atoms with Gasteiger partial charge in [-0.15, -0.1) is 0 Å². The van der Waals surface area contributed by atoms with Gasteiger partial charge < -0.3 is 9.64 Å².